The molecule has 0 amide bonds. The maximum Gasteiger partial charge on any atom is 0.220 e. The average molecular weight is 392 g/mol. The molecule has 2 aliphatic rings. The standard InChI is InChI=1S/C21H21FN6O/c1-12(29)2-3-13-6-16-17(20-18(22)7-25-21(23)26-20)11-28(19(16)8-24-13)15-9-27(10-15)14-4-5-14/h6-8,11-12,14-15,29H,4-5,9-10H2,1H3,(H2,23,25,26). The highest BCUT2D eigenvalue weighted by atomic mass is 19.1. The Hall–Kier alpha value is -3.02. The topological polar surface area (TPSA) is 93.1 Å². The molecule has 7 nitrogen and oxygen atoms in total. The van der Waals surface area contributed by atoms with Gasteiger partial charge in [0.25, 0.3) is 0 Å². The molecular formula is C21H21FN6O. The monoisotopic (exact) mass is 392 g/mol. The van der Waals surface area contributed by atoms with E-state index in [9.17, 15) is 9.50 Å². The van der Waals surface area contributed by atoms with Crippen LogP contribution in [-0.2, 0) is 0 Å². The summed E-state index contributed by atoms with van der Waals surface area (Å²) in [4.78, 5) is 14.8. The van der Waals surface area contributed by atoms with Crippen molar-refractivity contribution in [3.05, 3.63) is 36.2 Å². The number of pyridine rings is 1. The van der Waals surface area contributed by atoms with Crippen molar-refractivity contribution in [3.8, 4) is 23.1 Å². The fraction of sp³-hybridized carbons (Fsp3) is 0.381. The zero-order valence-electron chi connectivity index (χ0n) is 16.0. The molecule has 5 rings (SSSR count). The van der Waals surface area contributed by atoms with Crippen LogP contribution in [0, 0.1) is 17.7 Å². The third-order valence-corrected chi connectivity index (χ3v) is 5.49. The maximum atomic E-state index is 14.5. The normalized spacial score (nSPS) is 18.3. The Morgan fingerprint density at radius 2 is 2.03 bits per heavy atom. The van der Waals surface area contributed by atoms with Crippen LogP contribution < -0.4 is 5.73 Å². The summed E-state index contributed by atoms with van der Waals surface area (Å²) in [5.74, 6) is 5.05. The number of hydrogen-bond donors (Lipinski definition) is 2. The zero-order chi connectivity index (χ0) is 20.1. The minimum Gasteiger partial charge on any atom is -0.381 e. The van der Waals surface area contributed by atoms with Crippen molar-refractivity contribution in [1.29, 1.82) is 0 Å². The summed E-state index contributed by atoms with van der Waals surface area (Å²) in [5.41, 5.74) is 7.93. The number of likely N-dealkylation sites (tertiary alicyclic amines) is 1. The summed E-state index contributed by atoms with van der Waals surface area (Å²) in [6, 6.07) is 2.85. The summed E-state index contributed by atoms with van der Waals surface area (Å²) in [7, 11) is 0. The van der Waals surface area contributed by atoms with Crippen LogP contribution in [0.3, 0.4) is 0 Å². The van der Waals surface area contributed by atoms with Gasteiger partial charge in [0.2, 0.25) is 5.95 Å². The molecule has 1 aliphatic carbocycles. The Bertz CT molecular complexity index is 1150. The second-order valence-electron chi connectivity index (χ2n) is 7.75. The summed E-state index contributed by atoms with van der Waals surface area (Å²) in [5, 5.41) is 10.2. The van der Waals surface area contributed by atoms with Crippen LogP contribution in [0.4, 0.5) is 10.3 Å². The number of aromatic nitrogens is 4. The van der Waals surface area contributed by atoms with E-state index in [4.69, 9.17) is 5.73 Å². The van der Waals surface area contributed by atoms with E-state index in [1.807, 2.05) is 12.3 Å². The lowest BCUT2D eigenvalue weighted by atomic mass is 10.1. The van der Waals surface area contributed by atoms with Gasteiger partial charge in [-0.05, 0) is 31.8 Å². The van der Waals surface area contributed by atoms with Crippen molar-refractivity contribution in [1.82, 2.24) is 24.4 Å². The molecule has 2 fully saturated rings. The number of hydrogen-bond acceptors (Lipinski definition) is 6. The van der Waals surface area contributed by atoms with Crippen LogP contribution >= 0.6 is 0 Å². The summed E-state index contributed by atoms with van der Waals surface area (Å²) in [6.45, 7) is 3.55. The number of aliphatic hydroxyl groups is 1. The molecule has 1 atom stereocenters. The molecule has 4 heterocycles. The van der Waals surface area contributed by atoms with Gasteiger partial charge >= 0.3 is 0 Å². The lowest BCUT2D eigenvalue weighted by Gasteiger charge is -2.40. The Morgan fingerprint density at radius 3 is 2.76 bits per heavy atom. The first-order valence-electron chi connectivity index (χ1n) is 9.72. The highest BCUT2D eigenvalue weighted by Crippen LogP contribution is 2.39. The van der Waals surface area contributed by atoms with Crippen LogP contribution in [0.1, 0.15) is 31.5 Å². The zero-order valence-corrected chi connectivity index (χ0v) is 16.0. The second-order valence-corrected chi connectivity index (χ2v) is 7.75. The van der Waals surface area contributed by atoms with Crippen molar-refractivity contribution in [3.63, 3.8) is 0 Å². The number of nitrogen functional groups attached to an aromatic ring is 1. The van der Waals surface area contributed by atoms with E-state index < -0.39 is 11.9 Å². The molecule has 29 heavy (non-hydrogen) atoms. The Labute approximate surface area is 167 Å². The smallest absolute Gasteiger partial charge is 0.220 e. The molecule has 0 spiro atoms. The summed E-state index contributed by atoms with van der Waals surface area (Å²) in [6.07, 6.45) is 6.59. The van der Waals surface area contributed by atoms with Gasteiger partial charge in [-0.15, -0.1) is 0 Å². The first kappa shape index (κ1) is 18.0. The predicted molar refractivity (Wildman–Crippen MR) is 107 cm³/mol. The van der Waals surface area contributed by atoms with Gasteiger partial charge in [0.05, 0.1) is 24.0 Å². The van der Waals surface area contributed by atoms with Gasteiger partial charge in [-0.2, -0.15) is 0 Å². The lowest BCUT2D eigenvalue weighted by molar-refractivity contribution is 0.101. The van der Waals surface area contributed by atoms with Crippen molar-refractivity contribution in [2.75, 3.05) is 18.8 Å². The first-order chi connectivity index (χ1) is 14.0. The largest absolute Gasteiger partial charge is 0.381 e. The van der Waals surface area contributed by atoms with E-state index in [-0.39, 0.29) is 11.6 Å². The number of nitrogens with zero attached hydrogens (tertiary/aromatic N) is 5. The van der Waals surface area contributed by atoms with Gasteiger partial charge in [0.1, 0.15) is 17.5 Å². The molecule has 3 N–H and O–H groups in total. The van der Waals surface area contributed by atoms with Crippen LogP contribution in [-0.4, -0.2) is 54.8 Å². The maximum absolute atomic E-state index is 14.5. The molecule has 1 aliphatic heterocycles. The number of nitrogens with two attached hydrogens (primary N) is 1. The molecule has 1 saturated heterocycles. The summed E-state index contributed by atoms with van der Waals surface area (Å²) >= 11 is 0. The van der Waals surface area contributed by atoms with Gasteiger partial charge in [0.15, 0.2) is 5.82 Å². The van der Waals surface area contributed by atoms with Crippen LogP contribution in [0.2, 0.25) is 0 Å². The van der Waals surface area contributed by atoms with Crippen molar-refractivity contribution in [2.45, 2.75) is 38.0 Å². The highest BCUT2D eigenvalue weighted by Gasteiger charge is 2.39. The molecule has 3 aromatic rings. The van der Waals surface area contributed by atoms with Gasteiger partial charge in [-0.3, -0.25) is 4.90 Å². The molecule has 1 unspecified atom stereocenters. The van der Waals surface area contributed by atoms with E-state index in [2.05, 4.69) is 36.3 Å². The van der Waals surface area contributed by atoms with Crippen molar-refractivity contribution >= 4 is 16.9 Å². The first-order valence-corrected chi connectivity index (χ1v) is 9.72. The Balaban J connectivity index is 1.62. The SMILES string of the molecule is CC(O)C#Cc1cc2c(-c3nc(N)ncc3F)cn(C3CN(C4CC4)C3)c2cn1. The number of aliphatic hydroxyl groups excluding tert-OH is 1. The minimum atomic E-state index is -0.751. The molecule has 0 radical (unpaired) electrons. The van der Waals surface area contributed by atoms with E-state index in [1.54, 1.807) is 13.1 Å². The van der Waals surface area contributed by atoms with Crippen LogP contribution in [0.15, 0.2) is 24.7 Å². The number of fused-ring (bicyclic) bond motifs is 1. The molecule has 3 aromatic heterocycles. The number of halogens is 1. The van der Waals surface area contributed by atoms with Crippen molar-refractivity contribution < 1.29 is 9.50 Å². The minimum absolute atomic E-state index is 0.0222. The third-order valence-electron chi connectivity index (χ3n) is 5.49. The van der Waals surface area contributed by atoms with Crippen LogP contribution in [0.5, 0.6) is 0 Å². The molecule has 0 aromatic carbocycles. The van der Waals surface area contributed by atoms with Crippen LogP contribution in [0.25, 0.3) is 22.2 Å². The average Bonchev–Trinajstić information content (AvgIpc) is 3.42. The van der Waals surface area contributed by atoms with E-state index in [1.165, 1.54) is 12.8 Å². The molecule has 0 bridgehead atoms. The third kappa shape index (κ3) is 3.33. The second kappa shape index (κ2) is 6.79. The molecular weight excluding hydrogens is 371 g/mol. The van der Waals surface area contributed by atoms with Gasteiger partial charge < -0.3 is 15.4 Å². The van der Waals surface area contributed by atoms with Crippen molar-refractivity contribution in [2.24, 2.45) is 0 Å². The molecule has 148 valence electrons. The quantitative estimate of drug-likeness (QED) is 0.662. The highest BCUT2D eigenvalue weighted by molar-refractivity contribution is 5.95. The Kier molecular flexibility index (Phi) is 4.23. The van der Waals surface area contributed by atoms with E-state index >= 15 is 0 Å². The fourth-order valence-electron chi connectivity index (χ4n) is 3.86. The summed E-state index contributed by atoms with van der Waals surface area (Å²) < 4.78 is 16.7. The molecule has 8 heteroatoms. The Morgan fingerprint density at radius 1 is 1.24 bits per heavy atom. The number of rotatable bonds is 3. The van der Waals surface area contributed by atoms with Gasteiger partial charge in [-0.25, -0.2) is 19.3 Å². The predicted octanol–water partition coefficient (Wildman–Crippen LogP) is 1.97. The number of anilines is 1. The lowest BCUT2D eigenvalue weighted by Crippen LogP contribution is -2.48. The fourth-order valence-corrected chi connectivity index (χ4v) is 3.86. The van der Waals surface area contributed by atoms with Gasteiger partial charge in [-0.1, -0.05) is 5.92 Å². The van der Waals surface area contributed by atoms with E-state index in [0.29, 0.717) is 17.3 Å². The van der Waals surface area contributed by atoms with Gasteiger partial charge in [0, 0.05) is 36.3 Å². The van der Waals surface area contributed by atoms with E-state index in [0.717, 1.165) is 36.2 Å². The molecule has 1 saturated carbocycles.